The van der Waals surface area contributed by atoms with Crippen LogP contribution in [0.4, 0.5) is 0 Å². The Balaban J connectivity index is 0. The molecule has 0 rings (SSSR count). The van der Waals surface area contributed by atoms with Gasteiger partial charge in [0.25, 0.3) is 0 Å². The molecule has 0 radical (unpaired) electrons. The van der Waals surface area contributed by atoms with Crippen molar-refractivity contribution in [1.29, 1.82) is 0 Å². The molecule has 4 heteroatoms. The van der Waals surface area contributed by atoms with E-state index < -0.39 is 0 Å². The van der Waals surface area contributed by atoms with E-state index in [1.807, 2.05) is 0 Å². The third-order valence-corrected chi connectivity index (χ3v) is 0. The van der Waals surface area contributed by atoms with E-state index in [0.29, 0.717) is 0 Å². The van der Waals surface area contributed by atoms with Crippen LogP contribution in [0.2, 0.25) is 0 Å². The predicted octanol–water partition coefficient (Wildman–Crippen LogP) is 0.857. The Morgan fingerprint density at radius 1 is 0.385 bits per heavy atom. The zero-order valence-corrected chi connectivity index (χ0v) is 18.5. The molecule has 0 unspecified atom stereocenters. The maximum Gasteiger partial charge on any atom is 2.00 e. The van der Waals surface area contributed by atoms with Gasteiger partial charge in [-0.25, -0.2) is 0 Å². The molecule has 0 heterocycles. The quantitative estimate of drug-likeness (QED) is 0.460. The topological polar surface area (TPSA) is 0 Å². The molecule has 13 heavy (non-hydrogen) atoms. The number of rotatable bonds is 0. The summed E-state index contributed by atoms with van der Waals surface area (Å²) in [5.41, 5.74) is 0. The summed E-state index contributed by atoms with van der Waals surface area (Å²) in [5, 5.41) is 0. The van der Waals surface area contributed by atoms with Crippen LogP contribution in [0.5, 0.6) is 0 Å². The van der Waals surface area contributed by atoms with E-state index >= 15 is 0 Å². The molecule has 0 aromatic carbocycles. The first-order valence-corrected chi connectivity index (χ1v) is 0. The van der Waals surface area contributed by atoms with E-state index in [2.05, 4.69) is 0 Å². The minimum absolute atomic E-state index is 0. The number of hydrogen-bond donors (Lipinski definition) is 0. The summed E-state index contributed by atoms with van der Waals surface area (Å²) in [7, 11) is 0. The van der Waals surface area contributed by atoms with Crippen LogP contribution in [-0.4, -0.2) is 23.1 Å². The van der Waals surface area contributed by atoms with E-state index in [4.69, 9.17) is 0 Å². The molecular formula is C9H28LiMgZn2-. The SMILES string of the molecule is C.[CH3-].[CH3-].[CH3-].[CH3-].[CH3-].[CH3-].[CH3-].[CH3-].[Li+].[Mg+2].[Zn+2].[Zn+2]. The Kier molecular flexibility index (Phi) is 14900. The zero-order valence-electron chi connectivity index (χ0n) is 11.1. The number of hydrogen-bond acceptors (Lipinski definition) is 0. The normalized spacial score (nSPS) is 0. The van der Waals surface area contributed by atoms with Crippen molar-refractivity contribution in [2.45, 2.75) is 7.43 Å². The summed E-state index contributed by atoms with van der Waals surface area (Å²) in [4.78, 5) is 0. The largest absolute Gasteiger partial charge is 2.00 e. The average Bonchev–Trinajstić information content (AvgIpc) is 0. The van der Waals surface area contributed by atoms with Gasteiger partial charge in [-0.2, -0.15) is 0 Å². The summed E-state index contributed by atoms with van der Waals surface area (Å²) in [6.07, 6.45) is 0. The molecule has 0 N–H and O–H groups in total. The second-order valence-electron chi connectivity index (χ2n) is 0. The Bertz CT molecular complexity index is 17.6. The van der Waals surface area contributed by atoms with Crippen molar-refractivity contribution in [3.05, 3.63) is 59.4 Å². The Hall–Kier alpha value is 2.61. The van der Waals surface area contributed by atoms with Crippen molar-refractivity contribution in [2.75, 3.05) is 0 Å². The molecule has 0 aromatic heterocycles. The molecule has 0 amide bonds. The van der Waals surface area contributed by atoms with Crippen LogP contribution in [0.15, 0.2) is 0 Å². The third-order valence-electron chi connectivity index (χ3n) is 0. The van der Waals surface area contributed by atoms with Gasteiger partial charge in [0.1, 0.15) is 0 Å². The molecule has 0 aliphatic rings. The molecule has 0 fully saturated rings. The summed E-state index contributed by atoms with van der Waals surface area (Å²) in [5.74, 6) is 0. The maximum atomic E-state index is 0. The molecule has 0 spiro atoms. The second kappa shape index (κ2) is 397. The van der Waals surface area contributed by atoms with Crippen LogP contribution in [0.1, 0.15) is 7.43 Å². The van der Waals surface area contributed by atoms with Gasteiger partial charge in [-0.15, -0.1) is 0 Å². The van der Waals surface area contributed by atoms with Gasteiger partial charge in [0.15, 0.2) is 0 Å². The van der Waals surface area contributed by atoms with Crippen molar-refractivity contribution < 1.29 is 57.8 Å². The Morgan fingerprint density at radius 2 is 0.385 bits per heavy atom. The molecular weight excluding hydrogens is 270 g/mol. The van der Waals surface area contributed by atoms with Gasteiger partial charge in [-0.1, -0.05) is 7.43 Å². The standard InChI is InChI=1S/CH4.8CH3.Li.Mg.2Zn/h1H4;8*1H3;;;;/q;8*-1;+1;3*+2. The summed E-state index contributed by atoms with van der Waals surface area (Å²) in [6, 6.07) is 0. The minimum atomic E-state index is 0. The first-order valence-electron chi connectivity index (χ1n) is 0. The van der Waals surface area contributed by atoms with Crippen molar-refractivity contribution in [1.82, 2.24) is 0 Å². The fraction of sp³-hybridized carbons (Fsp3) is 0.111. The van der Waals surface area contributed by atoms with Gasteiger partial charge < -0.3 is 59.4 Å². The maximum absolute atomic E-state index is 0. The van der Waals surface area contributed by atoms with E-state index in [9.17, 15) is 0 Å². The van der Waals surface area contributed by atoms with Gasteiger partial charge in [-0.3, -0.25) is 0 Å². The van der Waals surface area contributed by atoms with Crippen LogP contribution >= 0.6 is 0 Å². The fourth-order valence-electron chi connectivity index (χ4n) is 0. The first-order chi connectivity index (χ1) is 0. The van der Waals surface area contributed by atoms with Crippen molar-refractivity contribution in [2.24, 2.45) is 0 Å². The van der Waals surface area contributed by atoms with Crippen LogP contribution in [-0.2, 0) is 39.0 Å². The van der Waals surface area contributed by atoms with Crippen LogP contribution < -0.4 is 18.9 Å². The summed E-state index contributed by atoms with van der Waals surface area (Å²) in [6.45, 7) is 0. The third kappa shape index (κ3) is 341. The first kappa shape index (κ1) is 489. The molecule has 0 bridgehead atoms. The molecule has 0 aliphatic heterocycles. The van der Waals surface area contributed by atoms with E-state index in [1.165, 1.54) is 0 Å². The monoisotopic (exact) mass is 295 g/mol. The molecule has 0 atom stereocenters. The van der Waals surface area contributed by atoms with E-state index in [0.717, 1.165) is 0 Å². The molecule has 0 saturated carbocycles. The molecule has 0 saturated heterocycles. The fourth-order valence-corrected chi connectivity index (χ4v) is 0. The smallest absolute Gasteiger partial charge is 0.358 e. The van der Waals surface area contributed by atoms with Gasteiger partial charge in [-0.05, 0) is 0 Å². The summed E-state index contributed by atoms with van der Waals surface area (Å²) < 4.78 is 0. The average molecular weight is 298 g/mol. The zero-order chi connectivity index (χ0) is 0. The van der Waals surface area contributed by atoms with Crippen LogP contribution in [0.3, 0.4) is 0 Å². The van der Waals surface area contributed by atoms with Gasteiger partial charge >= 0.3 is 80.9 Å². The molecule has 0 nitrogen and oxygen atoms in total. The van der Waals surface area contributed by atoms with Gasteiger partial charge in [0.2, 0.25) is 0 Å². The Labute approximate surface area is 146 Å². The predicted molar refractivity (Wildman–Crippen MR) is 63.8 cm³/mol. The van der Waals surface area contributed by atoms with Gasteiger partial charge in [0.05, 0.1) is 0 Å². The molecule has 0 aromatic rings. The summed E-state index contributed by atoms with van der Waals surface area (Å²) >= 11 is 0. The van der Waals surface area contributed by atoms with Gasteiger partial charge in [0, 0.05) is 0 Å². The van der Waals surface area contributed by atoms with Crippen LogP contribution in [0, 0.1) is 59.4 Å². The van der Waals surface area contributed by atoms with E-state index in [-0.39, 0.29) is 148 Å². The van der Waals surface area contributed by atoms with Crippen molar-refractivity contribution >= 4 is 23.1 Å². The van der Waals surface area contributed by atoms with Crippen molar-refractivity contribution in [3.63, 3.8) is 0 Å². The molecule has 72 valence electrons. The molecule has 0 aliphatic carbocycles. The second-order valence-corrected chi connectivity index (χ2v) is 0. The van der Waals surface area contributed by atoms with Crippen LogP contribution in [0.25, 0.3) is 0 Å². The minimum Gasteiger partial charge on any atom is -0.358 e. The van der Waals surface area contributed by atoms with Crippen molar-refractivity contribution in [3.8, 4) is 0 Å². The van der Waals surface area contributed by atoms with E-state index in [1.54, 1.807) is 0 Å². The Morgan fingerprint density at radius 3 is 0.385 bits per heavy atom.